The monoisotopic (exact) mass is 209 g/mol. The van der Waals surface area contributed by atoms with Crippen molar-refractivity contribution in [3.63, 3.8) is 0 Å². The van der Waals surface area contributed by atoms with E-state index in [2.05, 4.69) is 25.8 Å². The van der Waals surface area contributed by atoms with Gasteiger partial charge in [-0.3, -0.25) is 4.99 Å². The molecular weight excluding hydrogens is 190 g/mol. The molecular formula is C11H19N3O. The second-order valence-corrected chi connectivity index (χ2v) is 4.37. The number of nitrogens with zero attached hydrogens (tertiary/aromatic N) is 2. The van der Waals surface area contributed by atoms with Crippen molar-refractivity contribution in [3.8, 4) is 0 Å². The molecule has 1 rings (SSSR count). The van der Waals surface area contributed by atoms with Crippen LogP contribution in [0.4, 0.5) is 5.82 Å². The highest BCUT2D eigenvalue weighted by molar-refractivity contribution is 5.29. The fourth-order valence-electron chi connectivity index (χ4n) is 1.23. The summed E-state index contributed by atoms with van der Waals surface area (Å²) in [5.41, 5.74) is 6.22. The van der Waals surface area contributed by atoms with Crippen LogP contribution in [0.1, 0.15) is 32.9 Å². The Morgan fingerprint density at radius 1 is 1.47 bits per heavy atom. The van der Waals surface area contributed by atoms with E-state index in [1.54, 1.807) is 13.0 Å². The zero-order chi connectivity index (χ0) is 11.6. The van der Waals surface area contributed by atoms with Crippen molar-refractivity contribution in [1.29, 1.82) is 0 Å². The van der Waals surface area contributed by atoms with Gasteiger partial charge in [-0.15, -0.1) is 0 Å². The van der Waals surface area contributed by atoms with Crippen LogP contribution in [0.15, 0.2) is 17.1 Å². The zero-order valence-electron chi connectivity index (χ0n) is 9.78. The van der Waals surface area contributed by atoms with E-state index >= 15 is 0 Å². The summed E-state index contributed by atoms with van der Waals surface area (Å²) >= 11 is 0. The van der Waals surface area contributed by atoms with Crippen molar-refractivity contribution in [1.82, 2.24) is 4.73 Å². The Morgan fingerprint density at radius 2 is 2.07 bits per heavy atom. The summed E-state index contributed by atoms with van der Waals surface area (Å²) in [7, 11) is 0. The molecule has 0 aliphatic carbocycles. The standard InChI is InChI=1S/C11H19N3O/c1-5-11(3,4)13-9-6-8(2)14(15)10(12)7-9/h6-7,15H,5,12H2,1-4H3. The predicted molar refractivity (Wildman–Crippen MR) is 60.7 cm³/mol. The summed E-state index contributed by atoms with van der Waals surface area (Å²) < 4.78 is 0.956. The third-order valence-corrected chi connectivity index (χ3v) is 2.53. The van der Waals surface area contributed by atoms with Gasteiger partial charge in [0.15, 0.2) is 0 Å². The second kappa shape index (κ2) is 3.96. The van der Waals surface area contributed by atoms with Crippen LogP contribution in [0.5, 0.6) is 0 Å². The van der Waals surface area contributed by atoms with Gasteiger partial charge < -0.3 is 10.9 Å². The summed E-state index contributed by atoms with van der Waals surface area (Å²) in [4.78, 5) is 4.57. The van der Waals surface area contributed by atoms with Gasteiger partial charge in [0, 0.05) is 6.07 Å². The molecule has 0 fully saturated rings. The molecule has 1 heterocycles. The van der Waals surface area contributed by atoms with E-state index in [0.29, 0.717) is 11.5 Å². The number of hydrogen-bond acceptors (Lipinski definition) is 3. The molecule has 0 aromatic carbocycles. The summed E-state index contributed by atoms with van der Waals surface area (Å²) in [5, 5.41) is 10.2. The molecule has 1 aromatic rings. The number of aryl methyl sites for hydroxylation is 1. The van der Waals surface area contributed by atoms with Gasteiger partial charge in [-0.1, -0.05) is 6.92 Å². The van der Waals surface area contributed by atoms with Gasteiger partial charge in [0.05, 0.1) is 16.6 Å². The quantitative estimate of drug-likeness (QED) is 0.728. The maximum Gasteiger partial charge on any atom is 0.141 e. The molecule has 0 unspecified atom stereocenters. The van der Waals surface area contributed by atoms with Gasteiger partial charge >= 0.3 is 0 Å². The van der Waals surface area contributed by atoms with Crippen LogP contribution in [-0.4, -0.2) is 15.5 Å². The van der Waals surface area contributed by atoms with E-state index < -0.39 is 0 Å². The van der Waals surface area contributed by atoms with Crippen molar-refractivity contribution in [2.24, 2.45) is 4.99 Å². The maximum atomic E-state index is 9.44. The maximum absolute atomic E-state index is 9.44. The highest BCUT2D eigenvalue weighted by atomic mass is 16.5. The Labute approximate surface area is 90.0 Å². The lowest BCUT2D eigenvalue weighted by molar-refractivity contribution is 0.184. The Bertz CT molecular complexity index is 392. The first kappa shape index (κ1) is 11.6. The molecule has 3 N–H and O–H groups in total. The first-order chi connectivity index (χ1) is 6.85. The fraction of sp³-hybridized carbons (Fsp3) is 0.545. The van der Waals surface area contributed by atoms with Crippen LogP contribution >= 0.6 is 0 Å². The van der Waals surface area contributed by atoms with Crippen LogP contribution in [0, 0.1) is 6.92 Å². The molecule has 0 amide bonds. The van der Waals surface area contributed by atoms with E-state index in [9.17, 15) is 5.21 Å². The Balaban J connectivity index is 3.28. The van der Waals surface area contributed by atoms with Gasteiger partial charge in [0.25, 0.3) is 0 Å². The third-order valence-electron chi connectivity index (χ3n) is 2.53. The number of hydrogen-bond donors (Lipinski definition) is 2. The number of anilines is 1. The Hall–Kier alpha value is -1.45. The molecule has 4 heteroatoms. The van der Waals surface area contributed by atoms with Crippen LogP contribution in [0.2, 0.25) is 0 Å². The average Bonchev–Trinajstić information content (AvgIpc) is 2.13. The van der Waals surface area contributed by atoms with Crippen molar-refractivity contribution in [3.05, 3.63) is 23.2 Å². The molecule has 0 aliphatic rings. The minimum atomic E-state index is -0.0967. The molecule has 0 spiro atoms. The molecule has 0 radical (unpaired) electrons. The molecule has 0 bridgehead atoms. The van der Waals surface area contributed by atoms with E-state index in [1.165, 1.54) is 0 Å². The highest BCUT2D eigenvalue weighted by Crippen LogP contribution is 2.12. The lowest BCUT2D eigenvalue weighted by atomic mass is 10.0. The number of nitrogens with two attached hydrogens (primary N) is 1. The summed E-state index contributed by atoms with van der Waals surface area (Å²) in [5.74, 6) is 0.306. The van der Waals surface area contributed by atoms with Gasteiger partial charge in [-0.05, 0) is 33.3 Å². The number of nitrogen functional groups attached to an aromatic ring is 1. The van der Waals surface area contributed by atoms with E-state index in [4.69, 9.17) is 5.73 Å². The van der Waals surface area contributed by atoms with Gasteiger partial charge in [-0.2, -0.15) is 4.73 Å². The molecule has 15 heavy (non-hydrogen) atoms. The molecule has 4 nitrogen and oxygen atoms in total. The topological polar surface area (TPSA) is 63.5 Å². The van der Waals surface area contributed by atoms with Crippen LogP contribution in [0.3, 0.4) is 0 Å². The molecule has 0 atom stereocenters. The van der Waals surface area contributed by atoms with Gasteiger partial charge in [0.2, 0.25) is 0 Å². The molecule has 1 aromatic heterocycles. The number of rotatable bonds is 2. The van der Waals surface area contributed by atoms with Crippen LogP contribution in [-0.2, 0) is 0 Å². The van der Waals surface area contributed by atoms with Gasteiger partial charge in [0.1, 0.15) is 5.82 Å². The first-order valence-electron chi connectivity index (χ1n) is 5.10. The van der Waals surface area contributed by atoms with Crippen molar-refractivity contribution in [2.75, 3.05) is 5.73 Å². The zero-order valence-corrected chi connectivity index (χ0v) is 9.78. The first-order valence-corrected chi connectivity index (χ1v) is 5.10. The van der Waals surface area contributed by atoms with E-state index in [0.717, 1.165) is 16.5 Å². The summed E-state index contributed by atoms with van der Waals surface area (Å²) in [6, 6.07) is 3.48. The van der Waals surface area contributed by atoms with Crippen molar-refractivity contribution >= 4 is 5.82 Å². The number of aromatic nitrogens is 1. The largest absolute Gasteiger partial charge is 0.427 e. The second-order valence-electron chi connectivity index (χ2n) is 4.37. The minimum absolute atomic E-state index is 0.0967. The van der Waals surface area contributed by atoms with Crippen LogP contribution in [0.25, 0.3) is 0 Å². The third kappa shape index (κ3) is 2.75. The lowest BCUT2D eigenvalue weighted by Crippen LogP contribution is -2.21. The minimum Gasteiger partial charge on any atom is -0.427 e. The average molecular weight is 209 g/mol. The summed E-state index contributed by atoms with van der Waals surface area (Å²) in [6.45, 7) is 8.01. The molecule has 0 saturated carbocycles. The molecule has 84 valence electrons. The normalized spacial score (nSPS) is 13.2. The van der Waals surface area contributed by atoms with Crippen LogP contribution < -0.4 is 11.1 Å². The SMILES string of the molecule is CCC(C)(C)N=c1cc(C)n(O)c(N)c1. The Kier molecular flexibility index (Phi) is 3.07. The smallest absolute Gasteiger partial charge is 0.141 e. The lowest BCUT2D eigenvalue weighted by Gasteiger charge is -2.16. The number of pyridine rings is 1. The molecule has 0 saturated heterocycles. The van der Waals surface area contributed by atoms with E-state index in [1.807, 2.05) is 6.07 Å². The van der Waals surface area contributed by atoms with Gasteiger partial charge in [-0.25, -0.2) is 0 Å². The molecule has 0 aliphatic heterocycles. The fourth-order valence-corrected chi connectivity index (χ4v) is 1.23. The predicted octanol–water partition coefficient (Wildman–Crippen LogP) is 1.71. The van der Waals surface area contributed by atoms with Crippen molar-refractivity contribution < 1.29 is 5.21 Å². The summed E-state index contributed by atoms with van der Waals surface area (Å²) in [6.07, 6.45) is 0.958. The van der Waals surface area contributed by atoms with E-state index in [-0.39, 0.29) is 5.54 Å². The highest BCUT2D eigenvalue weighted by Gasteiger charge is 2.11. The Morgan fingerprint density at radius 3 is 2.53 bits per heavy atom. The van der Waals surface area contributed by atoms with Crippen molar-refractivity contribution in [2.45, 2.75) is 39.7 Å².